The van der Waals surface area contributed by atoms with Gasteiger partial charge in [0.1, 0.15) is 0 Å². The van der Waals surface area contributed by atoms with E-state index in [4.69, 9.17) is 5.73 Å². The third kappa shape index (κ3) is 6.24. The maximum Gasteiger partial charge on any atom is 0.234 e. The van der Waals surface area contributed by atoms with E-state index in [0.29, 0.717) is 18.5 Å². The van der Waals surface area contributed by atoms with Gasteiger partial charge in [0.25, 0.3) is 0 Å². The van der Waals surface area contributed by atoms with Crippen molar-refractivity contribution in [3.63, 3.8) is 0 Å². The predicted molar refractivity (Wildman–Crippen MR) is 73.3 cm³/mol. The summed E-state index contributed by atoms with van der Waals surface area (Å²) in [4.78, 5) is 13.9. The first-order chi connectivity index (χ1) is 7.49. The fourth-order valence-electron chi connectivity index (χ4n) is 1.78. The van der Waals surface area contributed by atoms with Gasteiger partial charge in [0.05, 0.1) is 6.54 Å². The molecule has 0 radical (unpaired) electrons. The zero-order valence-electron chi connectivity index (χ0n) is 11.1. The smallest absolute Gasteiger partial charge is 0.234 e. The normalized spacial score (nSPS) is 19.8. The molecule has 0 aromatic rings. The lowest BCUT2D eigenvalue weighted by molar-refractivity contribution is -0.123. The van der Waals surface area contributed by atoms with Crippen molar-refractivity contribution in [2.75, 3.05) is 19.6 Å². The largest absolute Gasteiger partial charge is 0.352 e. The summed E-state index contributed by atoms with van der Waals surface area (Å²) < 4.78 is 0. The highest BCUT2D eigenvalue weighted by molar-refractivity contribution is 5.85. The van der Waals surface area contributed by atoms with Crippen molar-refractivity contribution in [2.24, 2.45) is 11.7 Å². The van der Waals surface area contributed by atoms with E-state index < -0.39 is 0 Å². The molecule has 1 fully saturated rings. The van der Waals surface area contributed by atoms with Crippen molar-refractivity contribution >= 4 is 18.3 Å². The van der Waals surface area contributed by atoms with E-state index in [2.05, 4.69) is 31.0 Å². The molecule has 0 aliphatic carbocycles. The van der Waals surface area contributed by atoms with Gasteiger partial charge in [-0.15, -0.1) is 12.4 Å². The second-order valence-electron chi connectivity index (χ2n) is 5.21. The number of amides is 1. The average Bonchev–Trinajstić information content (AvgIpc) is 2.21. The van der Waals surface area contributed by atoms with E-state index >= 15 is 0 Å². The number of carbonyl (C=O) groups is 1. The summed E-state index contributed by atoms with van der Waals surface area (Å²) >= 11 is 0. The predicted octanol–water partition coefficient (Wildman–Crippen LogP) is 0.992. The van der Waals surface area contributed by atoms with Crippen LogP contribution in [0.15, 0.2) is 0 Å². The number of halogens is 1. The monoisotopic (exact) mass is 263 g/mol. The minimum Gasteiger partial charge on any atom is -0.352 e. The van der Waals surface area contributed by atoms with Crippen molar-refractivity contribution in [2.45, 2.75) is 45.7 Å². The van der Waals surface area contributed by atoms with E-state index in [1.165, 1.54) is 0 Å². The number of hydrogen-bond acceptors (Lipinski definition) is 3. The lowest BCUT2D eigenvalue weighted by atomic mass is 10.1. The van der Waals surface area contributed by atoms with Crippen LogP contribution >= 0.6 is 12.4 Å². The summed E-state index contributed by atoms with van der Waals surface area (Å²) in [5.41, 5.74) is 5.82. The minimum atomic E-state index is 0. The SMILES string of the molecule is CC(C)C(C)NC(=O)CN1CCC(N)CC1.Cl. The molecule has 4 nitrogen and oxygen atoms in total. The molecule has 102 valence electrons. The van der Waals surface area contributed by atoms with Gasteiger partial charge in [0.2, 0.25) is 5.91 Å². The molecule has 5 heteroatoms. The van der Waals surface area contributed by atoms with Crippen LogP contribution < -0.4 is 11.1 Å². The van der Waals surface area contributed by atoms with Gasteiger partial charge in [-0.3, -0.25) is 9.69 Å². The average molecular weight is 264 g/mol. The zero-order chi connectivity index (χ0) is 12.1. The first-order valence-corrected chi connectivity index (χ1v) is 6.26. The Morgan fingerprint density at radius 3 is 2.35 bits per heavy atom. The van der Waals surface area contributed by atoms with Gasteiger partial charge in [-0.25, -0.2) is 0 Å². The van der Waals surface area contributed by atoms with Gasteiger partial charge in [-0.2, -0.15) is 0 Å². The summed E-state index contributed by atoms with van der Waals surface area (Å²) in [6.07, 6.45) is 2.01. The first-order valence-electron chi connectivity index (χ1n) is 6.26. The number of nitrogens with zero attached hydrogens (tertiary/aromatic N) is 1. The highest BCUT2D eigenvalue weighted by atomic mass is 35.5. The van der Waals surface area contributed by atoms with Gasteiger partial charge >= 0.3 is 0 Å². The Hall–Kier alpha value is -0.320. The van der Waals surface area contributed by atoms with Crippen LogP contribution in [0.4, 0.5) is 0 Å². The third-order valence-corrected chi connectivity index (χ3v) is 3.39. The van der Waals surface area contributed by atoms with E-state index in [1.807, 2.05) is 0 Å². The Kier molecular flexibility index (Phi) is 7.75. The quantitative estimate of drug-likeness (QED) is 0.795. The summed E-state index contributed by atoms with van der Waals surface area (Å²) in [5.74, 6) is 0.621. The Morgan fingerprint density at radius 1 is 1.35 bits per heavy atom. The van der Waals surface area contributed by atoms with Crippen molar-refractivity contribution in [1.82, 2.24) is 10.2 Å². The van der Waals surface area contributed by atoms with Crippen LogP contribution in [0.1, 0.15) is 33.6 Å². The summed E-state index contributed by atoms with van der Waals surface area (Å²) in [7, 11) is 0. The van der Waals surface area contributed by atoms with Crippen LogP contribution in [0.3, 0.4) is 0 Å². The molecule has 1 heterocycles. The molecular formula is C12H26ClN3O. The second-order valence-corrected chi connectivity index (χ2v) is 5.21. The molecule has 0 aromatic carbocycles. The fourth-order valence-corrected chi connectivity index (χ4v) is 1.78. The Morgan fingerprint density at radius 2 is 1.88 bits per heavy atom. The third-order valence-electron chi connectivity index (χ3n) is 3.39. The van der Waals surface area contributed by atoms with Gasteiger partial charge in [0, 0.05) is 25.2 Å². The van der Waals surface area contributed by atoms with E-state index in [9.17, 15) is 4.79 Å². The molecule has 1 aliphatic rings. The van der Waals surface area contributed by atoms with E-state index in [1.54, 1.807) is 0 Å². The highest BCUT2D eigenvalue weighted by Gasteiger charge is 2.19. The molecule has 1 amide bonds. The molecule has 0 saturated carbocycles. The molecule has 0 aromatic heterocycles. The molecule has 0 spiro atoms. The minimum absolute atomic E-state index is 0. The molecule has 17 heavy (non-hydrogen) atoms. The lowest BCUT2D eigenvalue weighted by Crippen LogP contribution is -2.46. The first kappa shape index (κ1) is 16.7. The van der Waals surface area contributed by atoms with Crippen LogP contribution in [0, 0.1) is 5.92 Å². The number of nitrogens with one attached hydrogen (secondary N) is 1. The molecule has 0 bridgehead atoms. The molecule has 1 unspecified atom stereocenters. The number of nitrogens with two attached hydrogens (primary N) is 1. The Balaban J connectivity index is 0.00000256. The number of likely N-dealkylation sites (tertiary alicyclic amines) is 1. The van der Waals surface area contributed by atoms with Crippen LogP contribution in [0.25, 0.3) is 0 Å². The standard InChI is InChI=1S/C12H25N3O.ClH/c1-9(2)10(3)14-12(16)8-15-6-4-11(13)5-7-15;/h9-11H,4-8,13H2,1-3H3,(H,14,16);1H. The fraction of sp³-hybridized carbons (Fsp3) is 0.917. The van der Waals surface area contributed by atoms with Gasteiger partial charge in [0.15, 0.2) is 0 Å². The number of rotatable bonds is 4. The topological polar surface area (TPSA) is 58.4 Å². The molecule has 1 saturated heterocycles. The van der Waals surface area contributed by atoms with Crippen molar-refractivity contribution in [1.29, 1.82) is 0 Å². The van der Waals surface area contributed by atoms with Crippen LogP contribution in [0.5, 0.6) is 0 Å². The van der Waals surface area contributed by atoms with Gasteiger partial charge in [-0.05, 0) is 25.7 Å². The molecule has 1 rings (SSSR count). The highest BCUT2D eigenvalue weighted by Crippen LogP contribution is 2.07. The molecular weight excluding hydrogens is 238 g/mol. The van der Waals surface area contributed by atoms with Crippen molar-refractivity contribution in [3.05, 3.63) is 0 Å². The Labute approximate surface area is 111 Å². The van der Waals surface area contributed by atoms with Crippen molar-refractivity contribution in [3.8, 4) is 0 Å². The zero-order valence-corrected chi connectivity index (χ0v) is 11.9. The van der Waals surface area contributed by atoms with E-state index in [0.717, 1.165) is 25.9 Å². The summed E-state index contributed by atoms with van der Waals surface area (Å²) in [6, 6.07) is 0.577. The van der Waals surface area contributed by atoms with Crippen LogP contribution in [0.2, 0.25) is 0 Å². The molecule has 1 aliphatic heterocycles. The number of hydrogen-bond donors (Lipinski definition) is 2. The molecule has 1 atom stereocenters. The number of carbonyl (C=O) groups excluding carboxylic acids is 1. The number of piperidine rings is 1. The summed E-state index contributed by atoms with van der Waals surface area (Å²) in [5, 5.41) is 3.03. The van der Waals surface area contributed by atoms with Crippen molar-refractivity contribution < 1.29 is 4.79 Å². The second kappa shape index (κ2) is 7.90. The maximum absolute atomic E-state index is 11.7. The van der Waals surface area contributed by atoms with Crippen LogP contribution in [-0.4, -0.2) is 42.5 Å². The van der Waals surface area contributed by atoms with E-state index in [-0.39, 0.29) is 24.4 Å². The Bertz CT molecular complexity index is 228. The van der Waals surface area contributed by atoms with Gasteiger partial charge < -0.3 is 11.1 Å². The van der Waals surface area contributed by atoms with Crippen LogP contribution in [-0.2, 0) is 4.79 Å². The molecule has 3 N–H and O–H groups in total. The maximum atomic E-state index is 11.7. The van der Waals surface area contributed by atoms with Gasteiger partial charge in [-0.1, -0.05) is 13.8 Å². The summed E-state index contributed by atoms with van der Waals surface area (Å²) in [6.45, 7) is 8.70. The lowest BCUT2D eigenvalue weighted by Gasteiger charge is -2.30.